The molecule has 2 aromatic rings. The standard InChI is InChI=1S/C25H38N4O4S/c1-25(2,11-14-28-12-6-7-13-28)27-34(30,31)23-18-20-8-4-5-9-22(20)26-24(23)29-15-17-33-21(19-29)10-16-32-3/h4-5,8-9,18,21,27H,6-7,10-17,19H2,1-3H3. The van der Waals surface area contributed by atoms with E-state index in [0.717, 1.165) is 43.4 Å². The molecule has 4 rings (SSSR count). The molecule has 34 heavy (non-hydrogen) atoms. The van der Waals surface area contributed by atoms with E-state index in [-0.39, 0.29) is 11.0 Å². The number of rotatable bonds is 10. The molecule has 1 unspecified atom stereocenters. The number of morpholine rings is 1. The average molecular weight is 491 g/mol. The van der Waals surface area contributed by atoms with Gasteiger partial charge in [0.15, 0.2) is 0 Å². The summed E-state index contributed by atoms with van der Waals surface area (Å²) >= 11 is 0. The Bertz CT molecular complexity index is 1070. The van der Waals surface area contributed by atoms with E-state index in [9.17, 15) is 8.42 Å². The molecule has 2 saturated heterocycles. The fourth-order valence-electron chi connectivity index (χ4n) is 4.76. The summed E-state index contributed by atoms with van der Waals surface area (Å²) < 4.78 is 41.6. The number of sulfonamides is 1. The number of nitrogens with zero attached hydrogens (tertiary/aromatic N) is 3. The molecular weight excluding hydrogens is 452 g/mol. The van der Waals surface area contributed by atoms with Crippen molar-refractivity contribution in [3.8, 4) is 0 Å². The zero-order valence-corrected chi connectivity index (χ0v) is 21.4. The molecule has 2 fully saturated rings. The van der Waals surface area contributed by atoms with Crippen molar-refractivity contribution in [2.24, 2.45) is 0 Å². The van der Waals surface area contributed by atoms with E-state index < -0.39 is 15.6 Å². The van der Waals surface area contributed by atoms with Gasteiger partial charge in [0.25, 0.3) is 0 Å². The molecule has 1 aromatic heterocycles. The third-order valence-corrected chi connectivity index (χ3v) is 8.41. The predicted octanol–water partition coefficient (Wildman–Crippen LogP) is 3.02. The lowest BCUT2D eigenvalue weighted by molar-refractivity contribution is 0.0188. The van der Waals surface area contributed by atoms with Crippen molar-refractivity contribution in [1.82, 2.24) is 14.6 Å². The van der Waals surface area contributed by atoms with Crippen LogP contribution in [0.2, 0.25) is 0 Å². The predicted molar refractivity (Wildman–Crippen MR) is 135 cm³/mol. The quantitative estimate of drug-likeness (QED) is 0.548. The molecule has 8 nitrogen and oxygen atoms in total. The van der Waals surface area contributed by atoms with Crippen LogP contribution >= 0.6 is 0 Å². The first-order valence-corrected chi connectivity index (χ1v) is 13.8. The van der Waals surface area contributed by atoms with Crippen LogP contribution in [0.5, 0.6) is 0 Å². The number of para-hydroxylation sites is 1. The molecule has 2 aliphatic rings. The summed E-state index contributed by atoms with van der Waals surface area (Å²) in [5.41, 5.74) is 0.209. The van der Waals surface area contributed by atoms with Crippen LogP contribution in [0.1, 0.15) is 39.5 Å². The van der Waals surface area contributed by atoms with Gasteiger partial charge < -0.3 is 19.3 Å². The van der Waals surface area contributed by atoms with Gasteiger partial charge in [0, 0.05) is 37.7 Å². The highest BCUT2D eigenvalue weighted by Crippen LogP contribution is 2.30. The van der Waals surface area contributed by atoms with Crippen molar-refractivity contribution in [2.45, 2.75) is 56.1 Å². The lowest BCUT2D eigenvalue weighted by atomic mass is 10.0. The Kier molecular flexibility index (Phi) is 8.09. The number of ether oxygens (including phenoxy) is 2. The van der Waals surface area contributed by atoms with Crippen molar-refractivity contribution in [2.75, 3.05) is 57.9 Å². The molecule has 1 atom stereocenters. The number of fused-ring (bicyclic) bond motifs is 1. The maximum atomic E-state index is 13.8. The third-order valence-electron chi connectivity index (χ3n) is 6.70. The molecule has 9 heteroatoms. The normalized spacial score (nSPS) is 20.3. The fourth-order valence-corrected chi connectivity index (χ4v) is 6.40. The summed E-state index contributed by atoms with van der Waals surface area (Å²) in [5, 5.41) is 0.811. The van der Waals surface area contributed by atoms with Crippen molar-refractivity contribution in [3.05, 3.63) is 30.3 Å². The maximum Gasteiger partial charge on any atom is 0.244 e. The topological polar surface area (TPSA) is 84.0 Å². The van der Waals surface area contributed by atoms with E-state index >= 15 is 0 Å². The summed E-state index contributed by atoms with van der Waals surface area (Å²) in [6, 6.07) is 9.42. The molecule has 188 valence electrons. The Hall–Kier alpha value is -1.78. The Morgan fingerprint density at radius 1 is 1.21 bits per heavy atom. The summed E-state index contributed by atoms with van der Waals surface area (Å²) in [5.74, 6) is 0.493. The van der Waals surface area contributed by atoms with Gasteiger partial charge in [-0.1, -0.05) is 18.2 Å². The highest BCUT2D eigenvalue weighted by Gasteiger charge is 2.32. The van der Waals surface area contributed by atoms with Gasteiger partial charge in [-0.2, -0.15) is 0 Å². The molecule has 0 amide bonds. The van der Waals surface area contributed by atoms with Crippen molar-refractivity contribution in [3.63, 3.8) is 0 Å². The SMILES string of the molecule is COCCC1CN(c2nc3ccccc3cc2S(=O)(=O)NC(C)(C)CCN2CCCC2)CCO1. The number of likely N-dealkylation sites (tertiary alicyclic amines) is 1. The smallest absolute Gasteiger partial charge is 0.244 e. The van der Waals surface area contributed by atoms with Gasteiger partial charge in [-0.25, -0.2) is 18.1 Å². The molecule has 0 saturated carbocycles. The van der Waals surface area contributed by atoms with E-state index in [1.54, 1.807) is 13.2 Å². The van der Waals surface area contributed by atoms with Crippen LogP contribution in [-0.4, -0.2) is 83.0 Å². The molecule has 3 heterocycles. The van der Waals surface area contributed by atoms with E-state index in [4.69, 9.17) is 14.5 Å². The van der Waals surface area contributed by atoms with Crippen molar-refractivity contribution in [1.29, 1.82) is 0 Å². The molecular formula is C25H38N4O4S. The minimum absolute atomic E-state index is 0.0256. The number of nitrogens with one attached hydrogen (secondary N) is 1. The molecule has 0 radical (unpaired) electrons. The van der Waals surface area contributed by atoms with Crippen LogP contribution in [-0.2, 0) is 19.5 Å². The number of pyridine rings is 1. The average Bonchev–Trinajstić information content (AvgIpc) is 3.34. The monoisotopic (exact) mass is 490 g/mol. The lowest BCUT2D eigenvalue weighted by Crippen LogP contribution is -2.47. The molecule has 0 spiro atoms. The Morgan fingerprint density at radius 3 is 2.74 bits per heavy atom. The van der Waals surface area contributed by atoms with Gasteiger partial charge >= 0.3 is 0 Å². The van der Waals surface area contributed by atoms with Crippen LogP contribution < -0.4 is 9.62 Å². The van der Waals surface area contributed by atoms with Crippen LogP contribution in [0.15, 0.2) is 35.2 Å². The van der Waals surface area contributed by atoms with Gasteiger partial charge in [-0.3, -0.25) is 0 Å². The first-order chi connectivity index (χ1) is 16.3. The number of aromatic nitrogens is 1. The summed E-state index contributed by atoms with van der Waals surface area (Å²) in [7, 11) is -2.13. The van der Waals surface area contributed by atoms with Gasteiger partial charge in [-0.05, 0) is 71.3 Å². The Labute approximate surface area is 203 Å². The van der Waals surface area contributed by atoms with Crippen LogP contribution in [0.25, 0.3) is 10.9 Å². The highest BCUT2D eigenvalue weighted by molar-refractivity contribution is 7.89. The minimum Gasteiger partial charge on any atom is -0.385 e. The molecule has 2 aliphatic heterocycles. The van der Waals surface area contributed by atoms with E-state index in [2.05, 4.69) is 9.62 Å². The fraction of sp³-hybridized carbons (Fsp3) is 0.640. The van der Waals surface area contributed by atoms with Gasteiger partial charge in [-0.15, -0.1) is 0 Å². The van der Waals surface area contributed by atoms with Gasteiger partial charge in [0.1, 0.15) is 10.7 Å². The second-order valence-corrected chi connectivity index (χ2v) is 11.7. The van der Waals surface area contributed by atoms with E-state index in [0.29, 0.717) is 32.1 Å². The van der Waals surface area contributed by atoms with E-state index in [1.165, 1.54) is 12.8 Å². The second kappa shape index (κ2) is 10.9. The van der Waals surface area contributed by atoms with Crippen molar-refractivity contribution >= 4 is 26.7 Å². The maximum absolute atomic E-state index is 13.8. The summed E-state index contributed by atoms with van der Waals surface area (Å²) in [6.07, 6.45) is 3.93. The van der Waals surface area contributed by atoms with Crippen LogP contribution in [0, 0.1) is 0 Å². The molecule has 0 bridgehead atoms. The first kappa shape index (κ1) is 25.3. The van der Waals surface area contributed by atoms with Crippen molar-refractivity contribution < 1.29 is 17.9 Å². The second-order valence-electron chi connectivity index (χ2n) is 10.0. The van der Waals surface area contributed by atoms with Gasteiger partial charge in [0.05, 0.1) is 18.2 Å². The Morgan fingerprint density at radius 2 is 1.97 bits per heavy atom. The van der Waals surface area contributed by atoms with E-state index in [1.807, 2.05) is 43.0 Å². The molecule has 1 aromatic carbocycles. The number of hydrogen-bond donors (Lipinski definition) is 1. The first-order valence-electron chi connectivity index (χ1n) is 12.3. The number of anilines is 1. The third kappa shape index (κ3) is 6.26. The summed E-state index contributed by atoms with van der Waals surface area (Å²) in [4.78, 5) is 9.51. The van der Waals surface area contributed by atoms with Gasteiger partial charge in [0.2, 0.25) is 10.0 Å². The lowest BCUT2D eigenvalue weighted by Gasteiger charge is -2.35. The number of benzene rings is 1. The van der Waals surface area contributed by atoms with Crippen LogP contribution in [0.3, 0.4) is 0 Å². The largest absolute Gasteiger partial charge is 0.385 e. The Balaban J connectivity index is 1.61. The minimum atomic E-state index is -3.81. The molecule has 1 N–H and O–H groups in total. The summed E-state index contributed by atoms with van der Waals surface area (Å²) in [6.45, 7) is 9.31. The zero-order chi connectivity index (χ0) is 24.2. The number of hydrogen-bond acceptors (Lipinski definition) is 7. The highest BCUT2D eigenvalue weighted by atomic mass is 32.2. The number of methoxy groups -OCH3 is 1. The van der Waals surface area contributed by atoms with Crippen LogP contribution in [0.4, 0.5) is 5.82 Å². The molecule has 0 aliphatic carbocycles. The zero-order valence-electron chi connectivity index (χ0n) is 20.6.